The van der Waals surface area contributed by atoms with Crippen LogP contribution < -0.4 is 4.90 Å². The summed E-state index contributed by atoms with van der Waals surface area (Å²) in [7, 11) is 0. The first-order valence-corrected chi connectivity index (χ1v) is 19.1. The molecule has 56 heavy (non-hydrogen) atoms. The van der Waals surface area contributed by atoms with Gasteiger partial charge in [-0.2, -0.15) is 0 Å². The molecule has 10 aromatic rings. The summed E-state index contributed by atoms with van der Waals surface area (Å²) in [5.74, 6) is 0. The average Bonchev–Trinajstić information content (AvgIpc) is 3.65. The lowest BCUT2D eigenvalue weighted by atomic mass is 9.99. The van der Waals surface area contributed by atoms with Gasteiger partial charge in [0.1, 0.15) is 11.2 Å². The second-order valence-electron chi connectivity index (χ2n) is 14.2. The Hall–Kier alpha value is -7.42. The van der Waals surface area contributed by atoms with Crippen molar-refractivity contribution in [1.82, 2.24) is 0 Å². The van der Waals surface area contributed by atoms with Crippen LogP contribution in [-0.2, 0) is 0 Å². The van der Waals surface area contributed by atoms with Gasteiger partial charge in [-0.3, -0.25) is 0 Å². The van der Waals surface area contributed by atoms with Crippen LogP contribution in [0, 0.1) is 0 Å². The van der Waals surface area contributed by atoms with Crippen molar-refractivity contribution in [2.75, 3.05) is 4.90 Å². The Morgan fingerprint density at radius 2 is 0.482 bits per heavy atom. The second kappa shape index (κ2) is 14.4. The highest BCUT2D eigenvalue weighted by molar-refractivity contribution is 6.07. The first-order valence-electron chi connectivity index (χ1n) is 19.1. The summed E-state index contributed by atoms with van der Waals surface area (Å²) < 4.78 is 6.41. The van der Waals surface area contributed by atoms with E-state index in [-0.39, 0.29) is 0 Å². The molecule has 0 bridgehead atoms. The van der Waals surface area contributed by atoms with Gasteiger partial charge >= 0.3 is 0 Å². The van der Waals surface area contributed by atoms with E-state index in [4.69, 9.17) is 4.42 Å². The molecule has 0 N–H and O–H groups in total. The van der Waals surface area contributed by atoms with Crippen LogP contribution in [0.2, 0.25) is 0 Å². The molecular weight excluding hydrogens is 679 g/mol. The summed E-state index contributed by atoms with van der Waals surface area (Å²) in [5.41, 5.74) is 16.9. The van der Waals surface area contributed by atoms with Gasteiger partial charge in [-0.15, -0.1) is 0 Å². The van der Waals surface area contributed by atoms with Gasteiger partial charge in [-0.1, -0.05) is 164 Å². The fourth-order valence-electron chi connectivity index (χ4n) is 7.74. The molecule has 0 unspecified atom stereocenters. The zero-order valence-electron chi connectivity index (χ0n) is 30.7. The lowest BCUT2D eigenvalue weighted by molar-refractivity contribution is 0.669. The molecule has 2 heteroatoms. The van der Waals surface area contributed by atoms with Crippen molar-refractivity contribution in [2.24, 2.45) is 0 Å². The monoisotopic (exact) mass is 715 g/mol. The molecule has 0 amide bonds. The summed E-state index contributed by atoms with van der Waals surface area (Å²) in [6.07, 6.45) is 0. The summed E-state index contributed by atoms with van der Waals surface area (Å²) >= 11 is 0. The average molecular weight is 716 g/mol. The first-order chi connectivity index (χ1) is 27.7. The van der Waals surface area contributed by atoms with Crippen LogP contribution in [0.25, 0.3) is 77.6 Å². The van der Waals surface area contributed by atoms with E-state index in [1.807, 2.05) is 6.07 Å². The van der Waals surface area contributed by atoms with Crippen molar-refractivity contribution in [3.05, 3.63) is 224 Å². The maximum atomic E-state index is 6.41. The van der Waals surface area contributed by atoms with Gasteiger partial charge < -0.3 is 9.32 Å². The Bertz CT molecular complexity index is 2810. The Morgan fingerprint density at radius 1 is 0.232 bits per heavy atom. The molecule has 0 radical (unpaired) electrons. The zero-order chi connectivity index (χ0) is 37.3. The molecule has 0 aliphatic rings. The Kier molecular flexibility index (Phi) is 8.55. The van der Waals surface area contributed by atoms with Gasteiger partial charge in [-0.05, 0) is 116 Å². The van der Waals surface area contributed by atoms with Gasteiger partial charge in [0.25, 0.3) is 0 Å². The molecule has 0 spiro atoms. The molecule has 0 saturated heterocycles. The van der Waals surface area contributed by atoms with Gasteiger partial charge in [0.2, 0.25) is 0 Å². The van der Waals surface area contributed by atoms with E-state index in [0.717, 1.165) is 55.7 Å². The maximum Gasteiger partial charge on any atom is 0.136 e. The standard InChI is InChI=1S/C54H37NO/c1-4-10-38(11-5-1)42-20-28-48(29-21-42)55(49-30-22-43(23-31-49)39-12-6-2-7-13-39)50-32-24-44(25-33-50)41-16-18-45(19-17-41)47-27-35-52-51-34-26-46(40-14-8-3-9-15-40)36-53(51)56-54(52)37-47/h1-37H. The fourth-order valence-corrected chi connectivity index (χ4v) is 7.74. The van der Waals surface area contributed by atoms with Gasteiger partial charge in [-0.25, -0.2) is 0 Å². The van der Waals surface area contributed by atoms with E-state index in [2.05, 4.69) is 223 Å². The number of nitrogens with zero attached hydrogens (tertiary/aromatic N) is 1. The number of benzene rings is 9. The quantitative estimate of drug-likeness (QED) is 0.156. The molecular formula is C54H37NO. The lowest BCUT2D eigenvalue weighted by Crippen LogP contribution is -2.09. The smallest absolute Gasteiger partial charge is 0.136 e. The molecule has 0 aliphatic carbocycles. The summed E-state index contributed by atoms with van der Waals surface area (Å²) in [4.78, 5) is 2.33. The number of fused-ring (bicyclic) bond motifs is 3. The highest BCUT2D eigenvalue weighted by atomic mass is 16.3. The minimum absolute atomic E-state index is 0.899. The van der Waals surface area contributed by atoms with Crippen LogP contribution in [0.15, 0.2) is 229 Å². The minimum Gasteiger partial charge on any atom is -0.456 e. The lowest BCUT2D eigenvalue weighted by Gasteiger charge is -2.26. The van der Waals surface area contributed by atoms with E-state index in [9.17, 15) is 0 Å². The molecule has 9 aromatic carbocycles. The van der Waals surface area contributed by atoms with Crippen LogP contribution in [-0.4, -0.2) is 0 Å². The Labute approximate surface area is 327 Å². The Morgan fingerprint density at radius 3 is 0.821 bits per heavy atom. The van der Waals surface area contributed by atoms with Crippen molar-refractivity contribution in [3.63, 3.8) is 0 Å². The van der Waals surface area contributed by atoms with E-state index in [0.29, 0.717) is 0 Å². The molecule has 2 nitrogen and oxygen atoms in total. The van der Waals surface area contributed by atoms with Crippen molar-refractivity contribution in [1.29, 1.82) is 0 Å². The van der Waals surface area contributed by atoms with Crippen molar-refractivity contribution < 1.29 is 4.42 Å². The fraction of sp³-hybridized carbons (Fsp3) is 0. The SMILES string of the molecule is c1ccc(-c2ccc(N(c3ccc(-c4ccccc4)cc3)c3ccc(-c4ccc(-c5ccc6c(c5)oc5cc(-c7ccccc7)ccc56)cc4)cc3)cc2)cc1. The molecule has 0 aliphatic heterocycles. The van der Waals surface area contributed by atoms with E-state index < -0.39 is 0 Å². The predicted octanol–water partition coefficient (Wildman–Crippen LogP) is 15.4. The molecule has 10 rings (SSSR count). The topological polar surface area (TPSA) is 16.4 Å². The van der Waals surface area contributed by atoms with Gasteiger partial charge in [0.15, 0.2) is 0 Å². The third kappa shape index (κ3) is 6.44. The van der Waals surface area contributed by atoms with Crippen molar-refractivity contribution in [2.45, 2.75) is 0 Å². The number of hydrogen-bond donors (Lipinski definition) is 0. The van der Waals surface area contributed by atoms with E-state index >= 15 is 0 Å². The van der Waals surface area contributed by atoms with Crippen molar-refractivity contribution in [3.8, 4) is 55.6 Å². The maximum absolute atomic E-state index is 6.41. The largest absolute Gasteiger partial charge is 0.456 e. The molecule has 264 valence electrons. The normalized spacial score (nSPS) is 11.2. The number of hydrogen-bond acceptors (Lipinski definition) is 2. The summed E-state index contributed by atoms with van der Waals surface area (Å²) in [6, 6.07) is 79.9. The molecule has 1 heterocycles. The van der Waals surface area contributed by atoms with Gasteiger partial charge in [0, 0.05) is 27.8 Å². The second-order valence-corrected chi connectivity index (χ2v) is 14.2. The third-order valence-corrected chi connectivity index (χ3v) is 10.7. The first kappa shape index (κ1) is 33.2. The molecule has 0 fully saturated rings. The van der Waals surface area contributed by atoms with Crippen LogP contribution in [0.3, 0.4) is 0 Å². The highest BCUT2D eigenvalue weighted by Gasteiger charge is 2.15. The van der Waals surface area contributed by atoms with Gasteiger partial charge in [0.05, 0.1) is 0 Å². The number of furan rings is 1. The van der Waals surface area contributed by atoms with Crippen LogP contribution in [0.1, 0.15) is 0 Å². The predicted molar refractivity (Wildman–Crippen MR) is 236 cm³/mol. The highest BCUT2D eigenvalue weighted by Crippen LogP contribution is 2.39. The van der Waals surface area contributed by atoms with Crippen LogP contribution in [0.4, 0.5) is 17.1 Å². The molecule has 1 aromatic heterocycles. The molecule has 0 atom stereocenters. The zero-order valence-corrected chi connectivity index (χ0v) is 30.7. The van der Waals surface area contributed by atoms with E-state index in [1.165, 1.54) is 38.9 Å². The van der Waals surface area contributed by atoms with Crippen molar-refractivity contribution >= 4 is 39.0 Å². The number of rotatable bonds is 8. The Balaban J connectivity index is 0.930. The van der Waals surface area contributed by atoms with E-state index in [1.54, 1.807) is 0 Å². The third-order valence-electron chi connectivity index (χ3n) is 10.7. The summed E-state index contributed by atoms with van der Waals surface area (Å²) in [5, 5.41) is 2.27. The van der Waals surface area contributed by atoms with Crippen LogP contribution in [0.5, 0.6) is 0 Å². The number of anilines is 3. The van der Waals surface area contributed by atoms with Crippen LogP contribution >= 0.6 is 0 Å². The minimum atomic E-state index is 0.899. The molecule has 0 saturated carbocycles. The summed E-state index contributed by atoms with van der Waals surface area (Å²) in [6.45, 7) is 0.